The highest BCUT2D eigenvalue weighted by molar-refractivity contribution is 4.72. The number of piperidine rings is 1. The van der Waals surface area contributed by atoms with Crippen LogP contribution in [0.1, 0.15) is 39.5 Å². The summed E-state index contributed by atoms with van der Waals surface area (Å²) in [5, 5.41) is 3.48. The fourth-order valence-electron chi connectivity index (χ4n) is 2.67. The molecule has 0 unspecified atom stereocenters. The van der Waals surface area contributed by atoms with Crippen LogP contribution in [0.4, 0.5) is 0 Å². The predicted octanol–water partition coefficient (Wildman–Crippen LogP) is 2.04. The molecule has 1 heterocycles. The van der Waals surface area contributed by atoms with Crippen LogP contribution in [-0.2, 0) is 0 Å². The molecule has 0 aromatic rings. The van der Waals surface area contributed by atoms with Gasteiger partial charge in [0.25, 0.3) is 0 Å². The highest BCUT2D eigenvalue weighted by Gasteiger charge is 2.17. The number of nitrogens with zero attached hydrogens (tertiary/aromatic N) is 2. The Kier molecular flexibility index (Phi) is 7.87. The highest BCUT2D eigenvalue weighted by atomic mass is 15.1. The Bertz CT molecular complexity index is 198. The Labute approximate surface area is 114 Å². The summed E-state index contributed by atoms with van der Waals surface area (Å²) in [6.45, 7) is 10.7. The Morgan fingerprint density at radius 3 is 2.50 bits per heavy atom. The number of hydrogen-bond donors (Lipinski definition) is 1. The SMILES string of the molecule is CC(C)NCCCCN(C)CC1CCN(C)CC1. The van der Waals surface area contributed by atoms with Gasteiger partial charge in [-0.1, -0.05) is 13.8 Å². The van der Waals surface area contributed by atoms with Crippen LogP contribution in [0.5, 0.6) is 0 Å². The summed E-state index contributed by atoms with van der Waals surface area (Å²) in [5.74, 6) is 0.931. The van der Waals surface area contributed by atoms with Gasteiger partial charge in [0.2, 0.25) is 0 Å². The zero-order chi connectivity index (χ0) is 13.4. The van der Waals surface area contributed by atoms with Crippen molar-refractivity contribution >= 4 is 0 Å². The van der Waals surface area contributed by atoms with Gasteiger partial charge in [-0.3, -0.25) is 0 Å². The van der Waals surface area contributed by atoms with Gasteiger partial charge < -0.3 is 15.1 Å². The van der Waals surface area contributed by atoms with Gasteiger partial charge in [-0.25, -0.2) is 0 Å². The summed E-state index contributed by atoms with van der Waals surface area (Å²) >= 11 is 0. The summed E-state index contributed by atoms with van der Waals surface area (Å²) in [6.07, 6.45) is 5.39. The Balaban J connectivity index is 1.98. The van der Waals surface area contributed by atoms with Gasteiger partial charge >= 0.3 is 0 Å². The standard InChI is InChI=1S/C15H33N3/c1-14(2)16-9-5-6-10-18(4)13-15-7-11-17(3)12-8-15/h14-16H,5-13H2,1-4H3. The maximum Gasteiger partial charge on any atom is 0.00103 e. The van der Waals surface area contributed by atoms with E-state index in [9.17, 15) is 0 Å². The van der Waals surface area contributed by atoms with E-state index in [4.69, 9.17) is 0 Å². The van der Waals surface area contributed by atoms with E-state index in [0.29, 0.717) is 6.04 Å². The molecule has 0 aromatic heterocycles. The lowest BCUT2D eigenvalue weighted by molar-refractivity contribution is 0.175. The summed E-state index contributed by atoms with van der Waals surface area (Å²) in [5.41, 5.74) is 0. The largest absolute Gasteiger partial charge is 0.315 e. The summed E-state index contributed by atoms with van der Waals surface area (Å²) in [4.78, 5) is 4.99. The van der Waals surface area contributed by atoms with Gasteiger partial charge in [-0.15, -0.1) is 0 Å². The fourth-order valence-corrected chi connectivity index (χ4v) is 2.67. The quantitative estimate of drug-likeness (QED) is 0.670. The molecule has 18 heavy (non-hydrogen) atoms. The van der Waals surface area contributed by atoms with E-state index in [1.807, 2.05) is 0 Å². The molecule has 1 aliphatic heterocycles. The van der Waals surface area contributed by atoms with Crippen molar-refractivity contribution in [3.8, 4) is 0 Å². The maximum absolute atomic E-state index is 3.48. The average Bonchev–Trinajstić information content (AvgIpc) is 2.31. The number of likely N-dealkylation sites (tertiary alicyclic amines) is 1. The molecule has 0 atom stereocenters. The molecule has 0 aliphatic carbocycles. The topological polar surface area (TPSA) is 18.5 Å². The van der Waals surface area contributed by atoms with Gasteiger partial charge in [0.1, 0.15) is 0 Å². The van der Waals surface area contributed by atoms with E-state index in [0.717, 1.165) is 5.92 Å². The van der Waals surface area contributed by atoms with Crippen LogP contribution in [0.25, 0.3) is 0 Å². The molecule has 1 fully saturated rings. The summed E-state index contributed by atoms with van der Waals surface area (Å²) in [7, 11) is 4.52. The van der Waals surface area contributed by atoms with Crippen LogP contribution >= 0.6 is 0 Å². The van der Waals surface area contributed by atoms with Gasteiger partial charge in [0, 0.05) is 12.6 Å². The minimum absolute atomic E-state index is 0.627. The van der Waals surface area contributed by atoms with Gasteiger partial charge in [-0.2, -0.15) is 0 Å². The minimum atomic E-state index is 0.627. The first-order valence-electron chi connectivity index (χ1n) is 7.68. The minimum Gasteiger partial charge on any atom is -0.315 e. The average molecular weight is 255 g/mol. The lowest BCUT2D eigenvalue weighted by Gasteiger charge is -2.31. The van der Waals surface area contributed by atoms with E-state index in [2.05, 4.69) is 43.1 Å². The first-order chi connectivity index (χ1) is 8.58. The van der Waals surface area contributed by atoms with E-state index in [1.54, 1.807) is 0 Å². The van der Waals surface area contributed by atoms with Crippen LogP contribution in [0, 0.1) is 5.92 Å². The second-order valence-corrected chi connectivity index (χ2v) is 6.32. The molecule has 0 radical (unpaired) electrons. The van der Waals surface area contributed by atoms with Crippen molar-refractivity contribution in [3.05, 3.63) is 0 Å². The molecule has 3 heteroatoms. The maximum atomic E-state index is 3.48. The molecule has 0 saturated carbocycles. The number of unbranched alkanes of at least 4 members (excludes halogenated alkanes) is 1. The Hall–Kier alpha value is -0.120. The lowest BCUT2D eigenvalue weighted by atomic mass is 9.96. The van der Waals surface area contributed by atoms with E-state index < -0.39 is 0 Å². The second-order valence-electron chi connectivity index (χ2n) is 6.32. The fraction of sp³-hybridized carbons (Fsp3) is 1.00. The molecule has 1 rings (SSSR count). The number of nitrogens with one attached hydrogen (secondary N) is 1. The monoisotopic (exact) mass is 255 g/mol. The van der Waals surface area contributed by atoms with E-state index in [1.165, 1.54) is 58.4 Å². The lowest BCUT2D eigenvalue weighted by Crippen LogP contribution is -2.36. The number of hydrogen-bond acceptors (Lipinski definition) is 3. The van der Waals surface area contributed by atoms with Crippen molar-refractivity contribution in [1.29, 1.82) is 0 Å². The molecular weight excluding hydrogens is 222 g/mol. The smallest absolute Gasteiger partial charge is 0.00103 e. The molecule has 1 aliphatic rings. The van der Waals surface area contributed by atoms with Crippen molar-refractivity contribution in [2.45, 2.75) is 45.6 Å². The molecule has 0 bridgehead atoms. The Morgan fingerprint density at radius 2 is 1.89 bits per heavy atom. The molecule has 1 N–H and O–H groups in total. The van der Waals surface area contributed by atoms with Crippen molar-refractivity contribution in [2.24, 2.45) is 5.92 Å². The number of rotatable bonds is 8. The molecule has 0 amide bonds. The zero-order valence-electron chi connectivity index (χ0n) is 12.9. The molecular formula is C15H33N3. The Morgan fingerprint density at radius 1 is 1.22 bits per heavy atom. The normalized spacial score (nSPS) is 19.0. The van der Waals surface area contributed by atoms with Crippen LogP contribution in [0.3, 0.4) is 0 Å². The summed E-state index contributed by atoms with van der Waals surface area (Å²) < 4.78 is 0. The molecule has 0 aromatic carbocycles. The first-order valence-corrected chi connectivity index (χ1v) is 7.68. The third-order valence-corrected chi connectivity index (χ3v) is 3.93. The van der Waals surface area contributed by atoms with Gasteiger partial charge in [-0.05, 0) is 71.9 Å². The first kappa shape index (κ1) is 15.9. The highest BCUT2D eigenvalue weighted by Crippen LogP contribution is 2.16. The molecule has 3 nitrogen and oxygen atoms in total. The van der Waals surface area contributed by atoms with Crippen molar-refractivity contribution in [2.75, 3.05) is 46.8 Å². The zero-order valence-corrected chi connectivity index (χ0v) is 12.9. The van der Waals surface area contributed by atoms with E-state index in [-0.39, 0.29) is 0 Å². The second kappa shape index (κ2) is 8.89. The van der Waals surface area contributed by atoms with Crippen LogP contribution in [0.15, 0.2) is 0 Å². The third-order valence-electron chi connectivity index (χ3n) is 3.93. The predicted molar refractivity (Wildman–Crippen MR) is 80.1 cm³/mol. The van der Waals surface area contributed by atoms with Gasteiger partial charge in [0.15, 0.2) is 0 Å². The van der Waals surface area contributed by atoms with Crippen molar-refractivity contribution in [3.63, 3.8) is 0 Å². The molecule has 0 spiro atoms. The molecule has 108 valence electrons. The van der Waals surface area contributed by atoms with Crippen LogP contribution in [-0.4, -0.2) is 62.7 Å². The van der Waals surface area contributed by atoms with Crippen molar-refractivity contribution in [1.82, 2.24) is 15.1 Å². The van der Waals surface area contributed by atoms with Crippen LogP contribution in [0.2, 0.25) is 0 Å². The van der Waals surface area contributed by atoms with Gasteiger partial charge in [0.05, 0.1) is 0 Å². The van der Waals surface area contributed by atoms with E-state index >= 15 is 0 Å². The summed E-state index contributed by atoms with van der Waals surface area (Å²) in [6, 6.07) is 0.627. The molecule has 1 saturated heterocycles. The third kappa shape index (κ3) is 7.34. The van der Waals surface area contributed by atoms with Crippen LogP contribution < -0.4 is 5.32 Å². The van der Waals surface area contributed by atoms with Crippen molar-refractivity contribution < 1.29 is 0 Å².